The zero-order chi connectivity index (χ0) is 69.2. The number of benzene rings is 15. The normalized spacial score (nSPS) is 13.3. The molecular formula is C98H59N5O3. The fraction of sp³-hybridized carbons (Fsp3) is 0.0204. The van der Waals surface area contributed by atoms with Gasteiger partial charge in [0.05, 0.1) is 44.5 Å². The lowest BCUT2D eigenvalue weighted by Gasteiger charge is -2.14. The molecule has 8 heteroatoms. The van der Waals surface area contributed by atoms with E-state index in [1.807, 2.05) is 30.3 Å². The van der Waals surface area contributed by atoms with E-state index in [4.69, 9.17) is 23.2 Å². The molecule has 8 nitrogen and oxygen atoms in total. The second-order valence-corrected chi connectivity index (χ2v) is 28.3. The molecule has 1 unspecified atom stereocenters. The highest BCUT2D eigenvalue weighted by molar-refractivity contribution is 6.14. The summed E-state index contributed by atoms with van der Waals surface area (Å²) in [5, 5.41) is 16.3. The van der Waals surface area contributed by atoms with E-state index in [0.717, 1.165) is 173 Å². The predicted octanol–water partition coefficient (Wildman–Crippen LogP) is 24.5. The molecule has 0 saturated carbocycles. The summed E-state index contributed by atoms with van der Waals surface area (Å²) >= 11 is 0. The Balaban J connectivity index is 0.615. The molecule has 15 aromatic carbocycles. The summed E-state index contributed by atoms with van der Waals surface area (Å²) in [6.07, 6.45) is 5.57. The van der Waals surface area contributed by atoms with Crippen molar-refractivity contribution in [2.75, 3.05) is 0 Å². The van der Waals surface area contributed by atoms with E-state index in [0.29, 0.717) is 5.82 Å². The van der Waals surface area contributed by atoms with Gasteiger partial charge in [0, 0.05) is 104 Å². The van der Waals surface area contributed by atoms with Crippen LogP contribution in [0.15, 0.2) is 341 Å². The van der Waals surface area contributed by atoms with Crippen molar-refractivity contribution >= 4 is 143 Å². The van der Waals surface area contributed by atoms with E-state index in [-0.39, 0.29) is 5.92 Å². The highest BCUT2D eigenvalue weighted by Gasteiger charge is 2.23. The van der Waals surface area contributed by atoms with Gasteiger partial charge in [0.2, 0.25) is 0 Å². The molecule has 0 radical (unpaired) electrons. The van der Waals surface area contributed by atoms with Gasteiger partial charge in [0.1, 0.15) is 33.3 Å². The number of fused-ring (bicyclic) bond motifs is 19. The van der Waals surface area contributed by atoms with Gasteiger partial charge in [0.25, 0.3) is 0 Å². The van der Waals surface area contributed by atoms with E-state index in [1.165, 1.54) is 48.5 Å². The van der Waals surface area contributed by atoms with Crippen LogP contribution in [-0.4, -0.2) is 23.7 Å². The van der Waals surface area contributed by atoms with Gasteiger partial charge in [-0.05, 0) is 197 Å². The molecule has 0 bridgehead atoms. The first-order chi connectivity index (χ1) is 52.5. The Hall–Kier alpha value is -14.1. The van der Waals surface area contributed by atoms with Crippen LogP contribution in [0.2, 0.25) is 0 Å². The van der Waals surface area contributed by atoms with Crippen LogP contribution in [0, 0.1) is 0 Å². The lowest BCUT2D eigenvalue weighted by molar-refractivity contribution is 0.569. The summed E-state index contributed by atoms with van der Waals surface area (Å²) in [4.78, 5) is 11.0. The Morgan fingerprint density at radius 1 is 0.264 bits per heavy atom. The van der Waals surface area contributed by atoms with Crippen molar-refractivity contribution in [2.24, 2.45) is 0 Å². The zero-order valence-electron chi connectivity index (χ0n) is 57.1. The fourth-order valence-electron chi connectivity index (χ4n) is 17.3. The highest BCUT2D eigenvalue weighted by Crippen LogP contribution is 2.43. The molecule has 1 aliphatic rings. The molecule has 0 amide bonds. The van der Waals surface area contributed by atoms with Crippen molar-refractivity contribution in [3.05, 3.63) is 344 Å². The van der Waals surface area contributed by atoms with Crippen LogP contribution in [0.1, 0.15) is 17.9 Å². The number of nitrogens with zero attached hydrogens (tertiary/aromatic N) is 5. The first kappa shape index (κ1) is 58.6. The second-order valence-electron chi connectivity index (χ2n) is 28.3. The SMILES string of the molecule is C1=c2oc3ccccc3c2=CCC1c1ccc2c(c1)c1ccccc1n2-c1ccc(-c2cc(-c3ccc(-n4c5ccccc5c5cc(-c6ccc7c(c6)oc6ccccc67)ccc54)cc3)nc(-c3ccc4cc(-n5c6ccccc6c6cc(-c7ccc8c(c7)oc7ccccc78)ccc65)ccc4c3)n2)cc1. The molecule has 0 aliphatic heterocycles. The average Bonchev–Trinajstić information content (AvgIpc) is 1.61. The smallest absolute Gasteiger partial charge is 0.160 e. The lowest BCUT2D eigenvalue weighted by atomic mass is 9.91. The summed E-state index contributed by atoms with van der Waals surface area (Å²) in [7, 11) is 0. The fourth-order valence-corrected chi connectivity index (χ4v) is 17.3. The van der Waals surface area contributed by atoms with E-state index in [1.54, 1.807) is 0 Å². The summed E-state index contributed by atoms with van der Waals surface area (Å²) in [6.45, 7) is 0. The Kier molecular flexibility index (Phi) is 12.5. The standard InChI is InChI=1S/C98H59N5O3/c1-7-19-86-72(13-1)81-51-62(65-32-43-78-75-16-4-10-22-92(75)104-95(78)54-65)35-46-89(81)101(86)69-38-27-58(28-39-69)84-57-85(59-29-40-70(41-30-59)102-87-20-8-2-14-73(87)82-52-63(36-47-90(82)102)66-33-44-79-76-17-5-11-23-93(76)105-96(79)55-66)100-98(99-84)68-26-25-61-50-71(42-31-60(61)49-68)103-88-21-9-3-15-74(88)83-53-64(37-48-91(83)103)67-34-45-80-77-18-6-12-24-94(77)106-97(80)56-67/h1-32,34-57,66H,33H2. The van der Waals surface area contributed by atoms with Crippen LogP contribution < -0.4 is 10.6 Å². The van der Waals surface area contributed by atoms with E-state index < -0.39 is 0 Å². The van der Waals surface area contributed by atoms with Gasteiger partial charge in [-0.3, -0.25) is 0 Å². The number of hydrogen-bond donors (Lipinski definition) is 0. The van der Waals surface area contributed by atoms with Crippen molar-refractivity contribution in [3.8, 4) is 73.2 Å². The Morgan fingerprint density at radius 3 is 1.22 bits per heavy atom. The summed E-state index contributed by atoms with van der Waals surface area (Å²) in [6, 6.07) is 118. The van der Waals surface area contributed by atoms with Crippen molar-refractivity contribution in [2.45, 2.75) is 12.3 Å². The third kappa shape index (κ3) is 9.07. The highest BCUT2D eigenvalue weighted by atomic mass is 16.3. The van der Waals surface area contributed by atoms with Gasteiger partial charge in [-0.2, -0.15) is 0 Å². The van der Waals surface area contributed by atoms with E-state index in [2.05, 4.69) is 323 Å². The maximum Gasteiger partial charge on any atom is 0.160 e. The van der Waals surface area contributed by atoms with Crippen molar-refractivity contribution in [1.82, 2.24) is 23.7 Å². The van der Waals surface area contributed by atoms with Gasteiger partial charge in [0.15, 0.2) is 5.82 Å². The van der Waals surface area contributed by atoms with Crippen LogP contribution in [0.4, 0.5) is 0 Å². The van der Waals surface area contributed by atoms with Crippen LogP contribution in [0.25, 0.3) is 216 Å². The first-order valence-electron chi connectivity index (χ1n) is 36.2. The van der Waals surface area contributed by atoms with Crippen molar-refractivity contribution < 1.29 is 13.3 Å². The molecule has 1 aliphatic carbocycles. The molecule has 0 fully saturated rings. The minimum atomic E-state index is 0.195. The molecule has 0 spiro atoms. The Labute approximate surface area is 605 Å². The van der Waals surface area contributed by atoms with Gasteiger partial charge < -0.3 is 27.0 Å². The third-order valence-corrected chi connectivity index (χ3v) is 22.4. The average molecular weight is 1350 g/mol. The molecule has 7 aromatic heterocycles. The Bertz CT molecular complexity index is 7630. The quantitative estimate of drug-likeness (QED) is 0.144. The zero-order valence-corrected chi connectivity index (χ0v) is 57.1. The minimum absolute atomic E-state index is 0.195. The molecule has 7 heterocycles. The number of aromatic nitrogens is 5. The summed E-state index contributed by atoms with van der Waals surface area (Å²) in [5.41, 5.74) is 25.9. The molecule has 0 N–H and O–H groups in total. The largest absolute Gasteiger partial charge is 0.456 e. The van der Waals surface area contributed by atoms with Crippen LogP contribution in [-0.2, 0) is 0 Å². The van der Waals surface area contributed by atoms with Gasteiger partial charge in [-0.15, -0.1) is 0 Å². The van der Waals surface area contributed by atoms with Crippen LogP contribution >= 0.6 is 0 Å². The Morgan fingerprint density at radius 2 is 0.660 bits per heavy atom. The van der Waals surface area contributed by atoms with Crippen LogP contribution in [0.5, 0.6) is 0 Å². The van der Waals surface area contributed by atoms with Crippen molar-refractivity contribution in [3.63, 3.8) is 0 Å². The van der Waals surface area contributed by atoms with E-state index in [9.17, 15) is 0 Å². The minimum Gasteiger partial charge on any atom is -0.456 e. The second kappa shape index (κ2) is 22.7. The lowest BCUT2D eigenvalue weighted by Crippen LogP contribution is -2.24. The number of rotatable bonds is 9. The summed E-state index contributed by atoms with van der Waals surface area (Å²) in [5.74, 6) is 0.838. The maximum atomic E-state index is 6.40. The monoisotopic (exact) mass is 1350 g/mol. The maximum absolute atomic E-state index is 6.40. The number of furan rings is 3. The molecule has 0 saturated heterocycles. The van der Waals surface area contributed by atoms with Gasteiger partial charge in [-0.25, -0.2) is 9.97 Å². The van der Waals surface area contributed by atoms with Gasteiger partial charge >= 0.3 is 0 Å². The molecule has 106 heavy (non-hydrogen) atoms. The first-order valence-corrected chi connectivity index (χ1v) is 36.2. The molecule has 22 aromatic rings. The van der Waals surface area contributed by atoms with Gasteiger partial charge in [-0.1, -0.05) is 188 Å². The van der Waals surface area contributed by atoms with Crippen molar-refractivity contribution in [1.29, 1.82) is 0 Å². The molecular weight excluding hydrogens is 1300 g/mol. The third-order valence-electron chi connectivity index (χ3n) is 22.4. The molecule has 1 atom stereocenters. The number of para-hydroxylation sites is 6. The summed E-state index contributed by atoms with van der Waals surface area (Å²) < 4.78 is 26.3. The molecule has 23 rings (SSSR count). The number of hydrogen-bond acceptors (Lipinski definition) is 5. The topological polar surface area (TPSA) is 80.0 Å². The van der Waals surface area contributed by atoms with E-state index >= 15 is 0 Å². The van der Waals surface area contributed by atoms with Crippen LogP contribution in [0.3, 0.4) is 0 Å². The molecule has 494 valence electrons. The predicted molar refractivity (Wildman–Crippen MR) is 436 cm³/mol.